The van der Waals surface area contributed by atoms with E-state index in [1.807, 2.05) is 0 Å². The van der Waals surface area contributed by atoms with E-state index in [9.17, 15) is 0 Å². The summed E-state index contributed by atoms with van der Waals surface area (Å²) in [5, 5.41) is 6.68. The lowest BCUT2D eigenvalue weighted by Gasteiger charge is -2.33. The average Bonchev–Trinajstić information content (AvgIpc) is 2.33. The van der Waals surface area contributed by atoms with Crippen LogP contribution in [0.3, 0.4) is 0 Å². The van der Waals surface area contributed by atoms with Crippen molar-refractivity contribution in [3.05, 3.63) is 0 Å². The number of nitrogens with zero attached hydrogens (tertiary/aromatic N) is 2. The number of piperidine rings is 1. The summed E-state index contributed by atoms with van der Waals surface area (Å²) in [5.41, 5.74) is 0. The zero-order valence-corrected chi connectivity index (χ0v) is 10.3. The molecule has 1 fully saturated rings. The quantitative estimate of drug-likeness (QED) is 0.745. The second-order valence-corrected chi connectivity index (χ2v) is 4.82. The first kappa shape index (κ1) is 11.7. The highest BCUT2D eigenvalue weighted by Crippen LogP contribution is 2.15. The van der Waals surface area contributed by atoms with Gasteiger partial charge in [0, 0.05) is 32.2 Å². The molecule has 0 bridgehead atoms. The fourth-order valence-electron chi connectivity index (χ4n) is 2.46. The van der Waals surface area contributed by atoms with Gasteiger partial charge in [0.1, 0.15) is 0 Å². The molecule has 0 saturated carbocycles. The highest BCUT2D eigenvalue weighted by Gasteiger charge is 2.17. The normalized spacial score (nSPS) is 27.1. The molecule has 0 spiro atoms. The Kier molecular flexibility index (Phi) is 4.45. The summed E-state index contributed by atoms with van der Waals surface area (Å²) in [6, 6.07) is 0.761. The average molecular weight is 224 g/mol. The molecular weight excluding hydrogens is 200 g/mol. The fourth-order valence-corrected chi connectivity index (χ4v) is 2.46. The van der Waals surface area contributed by atoms with Crippen molar-refractivity contribution in [2.75, 3.05) is 32.7 Å². The molecule has 4 nitrogen and oxygen atoms in total. The second-order valence-electron chi connectivity index (χ2n) is 4.82. The third-order valence-corrected chi connectivity index (χ3v) is 3.53. The van der Waals surface area contributed by atoms with Gasteiger partial charge >= 0.3 is 0 Å². The first-order valence-corrected chi connectivity index (χ1v) is 6.62. The molecule has 4 heteroatoms. The summed E-state index contributed by atoms with van der Waals surface area (Å²) in [6.45, 7) is 7.79. The maximum absolute atomic E-state index is 4.41. The van der Waals surface area contributed by atoms with E-state index in [4.69, 9.17) is 0 Å². The van der Waals surface area contributed by atoms with Gasteiger partial charge < -0.3 is 10.6 Å². The number of aliphatic imine (C=N–C) groups is 1. The molecule has 0 aromatic rings. The molecule has 0 aliphatic carbocycles. The van der Waals surface area contributed by atoms with Crippen molar-refractivity contribution in [3.8, 4) is 0 Å². The van der Waals surface area contributed by atoms with Crippen LogP contribution in [-0.4, -0.2) is 49.6 Å². The molecule has 0 aromatic carbocycles. The van der Waals surface area contributed by atoms with Crippen molar-refractivity contribution in [1.82, 2.24) is 15.5 Å². The van der Waals surface area contributed by atoms with Crippen molar-refractivity contribution < 1.29 is 0 Å². The molecular formula is C12H24N4. The molecule has 0 radical (unpaired) electrons. The number of hydrogen-bond acceptors (Lipinski definition) is 4. The van der Waals surface area contributed by atoms with Crippen LogP contribution in [0.25, 0.3) is 0 Å². The molecule has 2 heterocycles. The van der Waals surface area contributed by atoms with Crippen molar-refractivity contribution >= 4 is 5.96 Å². The maximum atomic E-state index is 4.41. The molecule has 0 amide bonds. The number of nitrogens with one attached hydrogen (secondary N) is 2. The molecule has 16 heavy (non-hydrogen) atoms. The Morgan fingerprint density at radius 1 is 1.44 bits per heavy atom. The third-order valence-electron chi connectivity index (χ3n) is 3.53. The van der Waals surface area contributed by atoms with Crippen molar-refractivity contribution in [2.45, 2.75) is 38.6 Å². The number of likely N-dealkylation sites (tertiary alicyclic amines) is 1. The smallest absolute Gasteiger partial charge is 0.191 e. The molecule has 1 saturated heterocycles. The molecule has 1 unspecified atom stereocenters. The summed E-state index contributed by atoms with van der Waals surface area (Å²) in [4.78, 5) is 6.99. The Morgan fingerprint density at radius 3 is 3.12 bits per heavy atom. The molecule has 1 atom stereocenters. The van der Waals surface area contributed by atoms with Gasteiger partial charge in [-0.05, 0) is 32.7 Å². The van der Waals surface area contributed by atoms with Gasteiger partial charge in [0.2, 0.25) is 0 Å². The van der Waals surface area contributed by atoms with Crippen LogP contribution in [0, 0.1) is 0 Å². The van der Waals surface area contributed by atoms with Crippen LogP contribution in [0.1, 0.15) is 32.6 Å². The Bertz CT molecular complexity index is 239. The largest absolute Gasteiger partial charge is 0.356 e. The van der Waals surface area contributed by atoms with Crippen LogP contribution in [0.5, 0.6) is 0 Å². The highest BCUT2D eigenvalue weighted by atomic mass is 15.2. The third kappa shape index (κ3) is 3.37. The van der Waals surface area contributed by atoms with Gasteiger partial charge in [-0.15, -0.1) is 0 Å². The molecule has 2 rings (SSSR count). The van der Waals surface area contributed by atoms with Gasteiger partial charge in [-0.25, -0.2) is 0 Å². The van der Waals surface area contributed by atoms with Crippen molar-refractivity contribution in [1.29, 1.82) is 0 Å². The van der Waals surface area contributed by atoms with Crippen LogP contribution >= 0.6 is 0 Å². The van der Waals surface area contributed by atoms with Crippen LogP contribution in [0.15, 0.2) is 4.99 Å². The van der Waals surface area contributed by atoms with E-state index in [1.165, 1.54) is 25.8 Å². The van der Waals surface area contributed by atoms with Gasteiger partial charge in [-0.3, -0.25) is 9.89 Å². The van der Waals surface area contributed by atoms with E-state index in [-0.39, 0.29) is 0 Å². The molecule has 2 aliphatic rings. The van der Waals surface area contributed by atoms with E-state index < -0.39 is 0 Å². The zero-order chi connectivity index (χ0) is 11.2. The first-order valence-electron chi connectivity index (χ1n) is 6.62. The van der Waals surface area contributed by atoms with Gasteiger partial charge in [-0.2, -0.15) is 0 Å². The number of rotatable bonds is 3. The first-order chi connectivity index (χ1) is 7.86. The van der Waals surface area contributed by atoms with E-state index in [1.54, 1.807) is 0 Å². The standard InChI is InChI=1S/C12H24N4/c1-11-5-2-3-9-16(11)10-8-15-12-13-6-4-7-14-12/h11H,2-10H2,1H3,(H2,13,14,15). The summed E-state index contributed by atoms with van der Waals surface area (Å²) < 4.78 is 0. The lowest BCUT2D eigenvalue weighted by molar-refractivity contribution is 0.163. The van der Waals surface area contributed by atoms with Gasteiger partial charge in [0.25, 0.3) is 0 Å². The Balaban J connectivity index is 1.64. The molecule has 92 valence electrons. The topological polar surface area (TPSA) is 39.7 Å². The Hall–Kier alpha value is -0.770. The number of guanidine groups is 1. The minimum absolute atomic E-state index is 0.761. The van der Waals surface area contributed by atoms with E-state index >= 15 is 0 Å². The molecule has 2 aliphatic heterocycles. The van der Waals surface area contributed by atoms with Gasteiger partial charge in [0.05, 0.1) is 0 Å². The van der Waals surface area contributed by atoms with Crippen LogP contribution in [0.2, 0.25) is 0 Å². The van der Waals surface area contributed by atoms with Gasteiger partial charge in [-0.1, -0.05) is 6.42 Å². The maximum Gasteiger partial charge on any atom is 0.191 e. The van der Waals surface area contributed by atoms with Crippen molar-refractivity contribution in [3.63, 3.8) is 0 Å². The fraction of sp³-hybridized carbons (Fsp3) is 0.917. The molecule has 2 N–H and O–H groups in total. The minimum atomic E-state index is 0.761. The van der Waals surface area contributed by atoms with Crippen LogP contribution in [0.4, 0.5) is 0 Å². The highest BCUT2D eigenvalue weighted by molar-refractivity contribution is 5.80. The van der Waals surface area contributed by atoms with E-state index in [2.05, 4.69) is 27.4 Å². The van der Waals surface area contributed by atoms with Crippen LogP contribution in [-0.2, 0) is 0 Å². The zero-order valence-electron chi connectivity index (χ0n) is 10.3. The molecule has 0 aromatic heterocycles. The number of hydrogen-bond donors (Lipinski definition) is 2. The van der Waals surface area contributed by atoms with Gasteiger partial charge in [0.15, 0.2) is 5.96 Å². The van der Waals surface area contributed by atoms with E-state index in [0.717, 1.165) is 44.6 Å². The summed E-state index contributed by atoms with van der Waals surface area (Å²) in [5.74, 6) is 0.996. The summed E-state index contributed by atoms with van der Waals surface area (Å²) in [6.07, 6.45) is 5.29. The Labute approximate surface area is 98.5 Å². The lowest BCUT2D eigenvalue weighted by atomic mass is 10.0. The minimum Gasteiger partial charge on any atom is -0.356 e. The van der Waals surface area contributed by atoms with Crippen molar-refractivity contribution in [2.24, 2.45) is 4.99 Å². The summed E-state index contributed by atoms with van der Waals surface area (Å²) >= 11 is 0. The lowest BCUT2D eigenvalue weighted by Crippen LogP contribution is -2.46. The monoisotopic (exact) mass is 224 g/mol. The summed E-state index contributed by atoms with van der Waals surface area (Å²) in [7, 11) is 0. The Morgan fingerprint density at radius 2 is 2.38 bits per heavy atom. The van der Waals surface area contributed by atoms with Crippen LogP contribution < -0.4 is 10.6 Å². The predicted molar refractivity (Wildman–Crippen MR) is 67.8 cm³/mol. The van der Waals surface area contributed by atoms with E-state index in [0.29, 0.717) is 0 Å². The predicted octanol–water partition coefficient (Wildman–Crippen LogP) is 0.800. The SMILES string of the molecule is CC1CCCCN1CCNC1=NCCCN1. The second kappa shape index (κ2) is 6.09.